The Hall–Kier alpha value is -3.15. The molecule has 1 aromatic heterocycles. The lowest BCUT2D eigenvalue weighted by atomic mass is 10.1. The normalized spacial score (nSPS) is 12.1. The van der Waals surface area contributed by atoms with Gasteiger partial charge in [-0.3, -0.25) is 14.2 Å². The minimum Gasteiger partial charge on any atom is -0.335 e. The van der Waals surface area contributed by atoms with E-state index in [0.29, 0.717) is 23.0 Å². The van der Waals surface area contributed by atoms with Gasteiger partial charge in [-0.25, -0.2) is 4.79 Å². The number of nitrogens with zero attached hydrogens (tertiary/aromatic N) is 2. The average molecular weight is 351 g/mol. The summed E-state index contributed by atoms with van der Waals surface area (Å²) in [5, 5.41) is 0.391. The Labute approximate surface area is 150 Å². The second kappa shape index (κ2) is 7.00. The van der Waals surface area contributed by atoms with Crippen molar-refractivity contribution in [2.45, 2.75) is 26.4 Å². The number of H-pyrrole nitrogens is 1. The summed E-state index contributed by atoms with van der Waals surface area (Å²) in [6.07, 6.45) is 0. The Kier molecular flexibility index (Phi) is 4.75. The van der Waals surface area contributed by atoms with Crippen LogP contribution in [0.25, 0.3) is 10.9 Å². The first kappa shape index (κ1) is 17.7. The van der Waals surface area contributed by atoms with Gasteiger partial charge in [0.15, 0.2) is 0 Å². The topological polar surface area (TPSA) is 75.2 Å². The summed E-state index contributed by atoms with van der Waals surface area (Å²) in [5.41, 5.74) is 1.00. The van der Waals surface area contributed by atoms with Gasteiger partial charge in [0.05, 0.1) is 16.9 Å². The fourth-order valence-electron chi connectivity index (χ4n) is 3.01. The first-order valence-electron chi connectivity index (χ1n) is 8.53. The molecule has 3 aromatic rings. The summed E-state index contributed by atoms with van der Waals surface area (Å²) in [6, 6.07) is 14.4. The zero-order valence-electron chi connectivity index (χ0n) is 15.0. The highest BCUT2D eigenvalue weighted by atomic mass is 16.2. The molecule has 0 bridgehead atoms. The van der Waals surface area contributed by atoms with Gasteiger partial charge in [-0.1, -0.05) is 30.3 Å². The zero-order chi connectivity index (χ0) is 18.8. The van der Waals surface area contributed by atoms with Crippen LogP contribution in [0.2, 0.25) is 0 Å². The van der Waals surface area contributed by atoms with Gasteiger partial charge in [0.2, 0.25) is 0 Å². The Balaban J connectivity index is 1.99. The molecule has 3 rings (SSSR count). The molecule has 1 unspecified atom stereocenters. The van der Waals surface area contributed by atoms with Gasteiger partial charge in [0.1, 0.15) is 0 Å². The number of aromatic amines is 1. The molecule has 1 atom stereocenters. The van der Waals surface area contributed by atoms with E-state index in [4.69, 9.17) is 0 Å². The Morgan fingerprint density at radius 3 is 2.50 bits per heavy atom. The van der Waals surface area contributed by atoms with Gasteiger partial charge >= 0.3 is 5.69 Å². The van der Waals surface area contributed by atoms with Crippen LogP contribution in [-0.4, -0.2) is 27.4 Å². The highest BCUT2D eigenvalue weighted by Crippen LogP contribution is 2.21. The van der Waals surface area contributed by atoms with Crippen LogP contribution in [0, 0.1) is 0 Å². The van der Waals surface area contributed by atoms with Crippen LogP contribution in [0.3, 0.4) is 0 Å². The maximum Gasteiger partial charge on any atom is 0.328 e. The molecule has 1 amide bonds. The zero-order valence-corrected chi connectivity index (χ0v) is 15.0. The van der Waals surface area contributed by atoms with E-state index < -0.39 is 5.69 Å². The van der Waals surface area contributed by atoms with Crippen LogP contribution in [-0.2, 0) is 6.54 Å². The summed E-state index contributed by atoms with van der Waals surface area (Å²) >= 11 is 0. The summed E-state index contributed by atoms with van der Waals surface area (Å²) in [6.45, 7) is 3.98. The number of hydrogen-bond donors (Lipinski definition) is 1. The van der Waals surface area contributed by atoms with E-state index in [1.165, 1.54) is 0 Å². The predicted molar refractivity (Wildman–Crippen MR) is 101 cm³/mol. The van der Waals surface area contributed by atoms with Gasteiger partial charge in [-0.2, -0.15) is 0 Å². The van der Waals surface area contributed by atoms with E-state index >= 15 is 0 Å². The van der Waals surface area contributed by atoms with Crippen LogP contribution in [0.15, 0.2) is 58.1 Å². The number of amides is 1. The lowest BCUT2D eigenvalue weighted by Gasteiger charge is -2.25. The summed E-state index contributed by atoms with van der Waals surface area (Å²) < 4.78 is 1.13. The highest BCUT2D eigenvalue weighted by Gasteiger charge is 2.19. The average Bonchev–Trinajstić information content (AvgIpc) is 2.66. The number of hydrogen-bond acceptors (Lipinski definition) is 3. The minimum atomic E-state index is -0.472. The van der Waals surface area contributed by atoms with Gasteiger partial charge < -0.3 is 9.88 Å². The molecule has 0 saturated carbocycles. The monoisotopic (exact) mass is 351 g/mol. The third-order valence-electron chi connectivity index (χ3n) is 4.73. The fourth-order valence-corrected chi connectivity index (χ4v) is 3.01. The second-order valence-corrected chi connectivity index (χ2v) is 6.24. The molecule has 0 fully saturated rings. The summed E-state index contributed by atoms with van der Waals surface area (Å²) in [4.78, 5) is 41.5. The number of nitrogens with one attached hydrogen (secondary N) is 1. The van der Waals surface area contributed by atoms with Crippen molar-refractivity contribution in [3.8, 4) is 0 Å². The van der Waals surface area contributed by atoms with Gasteiger partial charge in [-0.15, -0.1) is 0 Å². The number of benzene rings is 2. The van der Waals surface area contributed by atoms with Crippen LogP contribution < -0.4 is 11.2 Å². The molecule has 0 radical (unpaired) electrons. The van der Waals surface area contributed by atoms with E-state index in [1.807, 2.05) is 37.3 Å². The third-order valence-corrected chi connectivity index (χ3v) is 4.73. The van der Waals surface area contributed by atoms with Crippen molar-refractivity contribution >= 4 is 16.8 Å². The molecule has 0 saturated heterocycles. The first-order chi connectivity index (χ1) is 12.4. The Morgan fingerprint density at radius 1 is 1.15 bits per heavy atom. The second-order valence-electron chi connectivity index (χ2n) is 6.24. The van der Waals surface area contributed by atoms with Gasteiger partial charge in [0, 0.05) is 19.2 Å². The molecule has 1 N–H and O–H groups in total. The summed E-state index contributed by atoms with van der Waals surface area (Å²) in [7, 11) is 1.74. The number of carbonyl (C=O) groups excluding carboxylic acids is 1. The van der Waals surface area contributed by atoms with E-state index in [2.05, 4.69) is 4.98 Å². The maximum atomic E-state index is 12.8. The number of carbonyl (C=O) groups is 1. The van der Waals surface area contributed by atoms with Crippen molar-refractivity contribution in [2.24, 2.45) is 0 Å². The molecule has 0 spiro atoms. The van der Waals surface area contributed by atoms with Crippen molar-refractivity contribution in [1.82, 2.24) is 14.5 Å². The van der Waals surface area contributed by atoms with Crippen molar-refractivity contribution in [3.05, 3.63) is 80.5 Å². The number of aromatic nitrogens is 2. The van der Waals surface area contributed by atoms with Crippen LogP contribution >= 0.6 is 0 Å². The quantitative estimate of drug-likeness (QED) is 0.785. The molecule has 134 valence electrons. The third kappa shape index (κ3) is 3.06. The van der Waals surface area contributed by atoms with E-state index in [-0.39, 0.29) is 17.5 Å². The summed E-state index contributed by atoms with van der Waals surface area (Å²) in [5.74, 6) is -0.177. The molecule has 6 heteroatoms. The maximum absolute atomic E-state index is 12.8. The highest BCUT2D eigenvalue weighted by molar-refractivity contribution is 5.97. The van der Waals surface area contributed by atoms with Crippen molar-refractivity contribution in [3.63, 3.8) is 0 Å². The molecule has 2 aromatic carbocycles. The molecule has 0 aliphatic carbocycles. The molecule has 1 heterocycles. The Morgan fingerprint density at radius 2 is 1.85 bits per heavy atom. The van der Waals surface area contributed by atoms with Crippen molar-refractivity contribution in [1.29, 1.82) is 0 Å². The minimum absolute atomic E-state index is 0.105. The first-order valence-corrected chi connectivity index (χ1v) is 8.53. The van der Waals surface area contributed by atoms with E-state index in [0.717, 1.165) is 10.1 Å². The smallest absolute Gasteiger partial charge is 0.328 e. The lowest BCUT2D eigenvalue weighted by Crippen LogP contribution is -2.34. The molecule has 0 aliphatic rings. The van der Waals surface area contributed by atoms with E-state index in [1.54, 1.807) is 37.1 Å². The molecule has 0 aliphatic heterocycles. The van der Waals surface area contributed by atoms with Crippen molar-refractivity contribution in [2.75, 3.05) is 7.05 Å². The van der Waals surface area contributed by atoms with Gasteiger partial charge in [-0.05, 0) is 37.6 Å². The molecular weight excluding hydrogens is 330 g/mol. The largest absolute Gasteiger partial charge is 0.335 e. The Bertz CT molecular complexity index is 1070. The predicted octanol–water partition coefficient (Wildman–Crippen LogP) is 2.54. The molecule has 26 heavy (non-hydrogen) atoms. The molecule has 6 nitrogen and oxygen atoms in total. The van der Waals surface area contributed by atoms with Crippen LogP contribution in [0.5, 0.6) is 0 Å². The van der Waals surface area contributed by atoms with Crippen LogP contribution in [0.4, 0.5) is 0 Å². The van der Waals surface area contributed by atoms with Crippen LogP contribution in [0.1, 0.15) is 35.8 Å². The number of rotatable bonds is 4. The number of fused-ring (bicyclic) bond motifs is 1. The SMILES string of the molecule is CCn1c(=O)[nH]c2cc(C(=O)N(C)C(C)c3ccccc3)ccc2c1=O. The van der Waals surface area contributed by atoms with Crippen molar-refractivity contribution < 1.29 is 4.79 Å². The fraction of sp³-hybridized carbons (Fsp3) is 0.250. The standard InChI is InChI=1S/C20H21N3O3/c1-4-23-19(25)16-11-10-15(12-17(16)21-20(23)26)18(24)22(3)13(2)14-8-6-5-7-9-14/h5-13H,4H2,1-3H3,(H,21,26). The van der Waals surface area contributed by atoms with Gasteiger partial charge in [0.25, 0.3) is 11.5 Å². The lowest BCUT2D eigenvalue weighted by molar-refractivity contribution is 0.0743. The van der Waals surface area contributed by atoms with E-state index in [9.17, 15) is 14.4 Å². The molecular formula is C20H21N3O3.